The van der Waals surface area contributed by atoms with Gasteiger partial charge in [-0.15, -0.1) is 0 Å². The number of allylic oxidation sites excluding steroid dienone is 3. The summed E-state index contributed by atoms with van der Waals surface area (Å²) < 4.78 is 10.2. The van der Waals surface area contributed by atoms with Crippen LogP contribution in [-0.4, -0.2) is 41.3 Å². The van der Waals surface area contributed by atoms with Gasteiger partial charge in [0.1, 0.15) is 11.4 Å². The highest BCUT2D eigenvalue weighted by atomic mass is 16.5. The highest BCUT2D eigenvalue weighted by Gasteiger charge is 2.66. The fourth-order valence-electron chi connectivity index (χ4n) is 7.25. The fourth-order valence-corrected chi connectivity index (χ4v) is 7.25. The number of Topliss-reactive ketones (excluding diaryl/α,β-unsaturated/α-hetero) is 1. The van der Waals surface area contributed by atoms with E-state index in [9.17, 15) is 24.3 Å². The predicted molar refractivity (Wildman–Crippen MR) is 109 cm³/mol. The number of ether oxygens (including phenoxy) is 2. The molecule has 3 saturated carbocycles. The molecule has 0 aliphatic heterocycles. The molecule has 0 aromatic heterocycles. The number of hydrogen-bond acceptors (Lipinski definition) is 7. The van der Waals surface area contributed by atoms with Crippen LogP contribution < -0.4 is 0 Å². The van der Waals surface area contributed by atoms with Crippen LogP contribution in [0.5, 0.6) is 0 Å². The van der Waals surface area contributed by atoms with E-state index in [0.29, 0.717) is 31.5 Å². The fraction of sp³-hybridized carbons (Fsp3) is 0.667. The topological polar surface area (TPSA) is 107 Å². The summed E-state index contributed by atoms with van der Waals surface area (Å²) in [5.41, 5.74) is -1.67. The summed E-state index contributed by atoms with van der Waals surface area (Å²) in [7, 11) is 0. The van der Waals surface area contributed by atoms with E-state index < -0.39 is 34.8 Å². The van der Waals surface area contributed by atoms with Crippen LogP contribution in [0.25, 0.3) is 0 Å². The molecule has 7 heteroatoms. The third-order valence-corrected chi connectivity index (χ3v) is 8.89. The van der Waals surface area contributed by atoms with Crippen LogP contribution in [0.15, 0.2) is 23.5 Å². The van der Waals surface area contributed by atoms with Gasteiger partial charge in [0.2, 0.25) is 5.78 Å². The molecule has 4 aliphatic rings. The van der Waals surface area contributed by atoms with Crippen molar-refractivity contribution in [2.45, 2.75) is 64.9 Å². The molecule has 168 valence electrons. The van der Waals surface area contributed by atoms with Crippen molar-refractivity contribution in [1.82, 2.24) is 0 Å². The van der Waals surface area contributed by atoms with Crippen molar-refractivity contribution in [3.05, 3.63) is 23.5 Å². The van der Waals surface area contributed by atoms with Crippen LogP contribution in [-0.2, 0) is 28.7 Å². The first-order valence-corrected chi connectivity index (χ1v) is 11.0. The Kier molecular flexibility index (Phi) is 5.23. The summed E-state index contributed by atoms with van der Waals surface area (Å²) in [6.45, 7) is 5.26. The number of ketones is 2. The van der Waals surface area contributed by atoms with Gasteiger partial charge in [-0.25, -0.2) is 0 Å². The summed E-state index contributed by atoms with van der Waals surface area (Å²) in [4.78, 5) is 47.4. The van der Waals surface area contributed by atoms with E-state index >= 15 is 0 Å². The van der Waals surface area contributed by atoms with E-state index in [4.69, 9.17) is 9.47 Å². The van der Waals surface area contributed by atoms with Crippen molar-refractivity contribution in [3.63, 3.8) is 0 Å². The van der Waals surface area contributed by atoms with E-state index in [0.717, 1.165) is 24.8 Å². The van der Waals surface area contributed by atoms with Gasteiger partial charge in [-0.05, 0) is 69.3 Å². The second-order valence-electron chi connectivity index (χ2n) is 9.97. The van der Waals surface area contributed by atoms with E-state index in [2.05, 4.69) is 0 Å². The van der Waals surface area contributed by atoms with Crippen molar-refractivity contribution in [2.24, 2.45) is 28.6 Å². The summed E-state index contributed by atoms with van der Waals surface area (Å²) in [5, 5.41) is 11.5. The lowest BCUT2D eigenvalue weighted by Crippen LogP contribution is -2.58. The number of fused-ring (bicyclic) bond motifs is 5. The molecule has 0 bridgehead atoms. The summed E-state index contributed by atoms with van der Waals surface area (Å²) in [6, 6.07) is 0. The average molecular weight is 430 g/mol. The molecule has 3 fully saturated rings. The van der Waals surface area contributed by atoms with Crippen molar-refractivity contribution in [3.8, 4) is 0 Å². The molecule has 0 amide bonds. The first kappa shape index (κ1) is 21.9. The van der Waals surface area contributed by atoms with E-state index in [1.165, 1.54) is 13.0 Å². The average Bonchev–Trinajstić information content (AvgIpc) is 2.99. The number of esters is 1. The van der Waals surface area contributed by atoms with Crippen molar-refractivity contribution in [2.75, 3.05) is 6.61 Å². The highest BCUT2D eigenvalue weighted by molar-refractivity contribution is 6.02. The number of hydrogen-bond donors (Lipinski definition) is 1. The minimum Gasteiger partial charge on any atom is -0.458 e. The Labute approximate surface area is 181 Å². The normalized spacial score (nSPS) is 41.2. The van der Waals surface area contributed by atoms with Crippen LogP contribution in [0, 0.1) is 28.6 Å². The Bertz CT molecular complexity index is 902. The Morgan fingerprint density at radius 2 is 1.87 bits per heavy atom. The highest BCUT2D eigenvalue weighted by Crippen LogP contribution is 2.68. The van der Waals surface area contributed by atoms with Gasteiger partial charge < -0.3 is 14.6 Å². The molecular formula is C24H30O7. The van der Waals surface area contributed by atoms with Gasteiger partial charge in [0, 0.05) is 18.4 Å². The SMILES string of the molecule is CC(=O)OCC(=O)[C@]1(O)CC[C@H]2[C@@H]3CCC4=CC(=O)C=C(OC=O)[C@]4(C)[C@H]3CC[C@@]21C. The minimum atomic E-state index is -1.52. The van der Waals surface area contributed by atoms with Gasteiger partial charge in [-0.2, -0.15) is 0 Å². The van der Waals surface area contributed by atoms with Crippen LogP contribution in [0.4, 0.5) is 0 Å². The van der Waals surface area contributed by atoms with E-state index in [1.807, 2.05) is 13.8 Å². The van der Waals surface area contributed by atoms with Gasteiger partial charge in [0.25, 0.3) is 6.47 Å². The second-order valence-corrected chi connectivity index (χ2v) is 9.97. The molecular weight excluding hydrogens is 400 g/mol. The van der Waals surface area contributed by atoms with Crippen molar-refractivity contribution < 1.29 is 33.8 Å². The molecule has 6 atom stereocenters. The third-order valence-electron chi connectivity index (χ3n) is 8.89. The van der Waals surface area contributed by atoms with Crippen LogP contribution in [0.3, 0.4) is 0 Å². The van der Waals surface area contributed by atoms with Crippen LogP contribution >= 0.6 is 0 Å². The molecule has 31 heavy (non-hydrogen) atoms. The molecule has 0 aromatic rings. The molecule has 4 aliphatic carbocycles. The summed E-state index contributed by atoms with van der Waals surface area (Å²) >= 11 is 0. The lowest BCUT2D eigenvalue weighted by molar-refractivity contribution is -0.169. The van der Waals surface area contributed by atoms with Gasteiger partial charge >= 0.3 is 5.97 Å². The van der Waals surface area contributed by atoms with Gasteiger partial charge in [0.15, 0.2) is 12.4 Å². The maximum atomic E-state index is 12.9. The zero-order chi connectivity index (χ0) is 22.6. The zero-order valence-corrected chi connectivity index (χ0v) is 18.3. The number of rotatable bonds is 5. The molecule has 0 aromatic carbocycles. The molecule has 4 rings (SSSR count). The quantitative estimate of drug-likeness (QED) is 0.528. The molecule has 1 N–H and O–H groups in total. The Hall–Kier alpha value is -2.28. The standard InChI is InChI=1S/C24H30O7/c1-14(26)30-12-20(28)24(29)9-7-18-17-5-4-15-10-16(27)11-21(31-13-25)23(15,3)19(17)6-8-22(18,24)2/h10-11,13,17-19,29H,4-9,12H2,1-3H3/t17-,18-,19-,22-,23-,24+/m0/s1. The largest absolute Gasteiger partial charge is 0.458 e. The zero-order valence-electron chi connectivity index (χ0n) is 18.3. The Morgan fingerprint density at radius 1 is 1.16 bits per heavy atom. The second kappa shape index (κ2) is 7.40. The molecule has 7 nitrogen and oxygen atoms in total. The summed E-state index contributed by atoms with van der Waals surface area (Å²) in [6.07, 6.45) is 7.11. The first-order chi connectivity index (χ1) is 14.6. The summed E-state index contributed by atoms with van der Waals surface area (Å²) in [5.74, 6) is -0.231. The predicted octanol–water partition coefficient (Wildman–Crippen LogP) is 2.66. The Balaban J connectivity index is 1.65. The maximum absolute atomic E-state index is 12.9. The number of carbonyl (C=O) groups excluding carboxylic acids is 4. The van der Waals surface area contributed by atoms with Crippen molar-refractivity contribution >= 4 is 24.0 Å². The van der Waals surface area contributed by atoms with Crippen LogP contribution in [0.1, 0.15) is 59.3 Å². The molecule has 0 radical (unpaired) electrons. The number of carbonyl (C=O) groups is 4. The third kappa shape index (κ3) is 3.04. The van der Waals surface area contributed by atoms with Gasteiger partial charge in [0.05, 0.1) is 5.41 Å². The molecule has 0 unspecified atom stereocenters. The van der Waals surface area contributed by atoms with Gasteiger partial charge in [-0.1, -0.05) is 12.5 Å². The molecule has 0 heterocycles. The minimum absolute atomic E-state index is 0.117. The number of aliphatic hydroxyl groups is 1. The lowest BCUT2D eigenvalue weighted by Gasteiger charge is -2.58. The smallest absolute Gasteiger partial charge is 0.303 e. The first-order valence-electron chi connectivity index (χ1n) is 11.0. The van der Waals surface area contributed by atoms with E-state index in [1.54, 1.807) is 6.08 Å². The van der Waals surface area contributed by atoms with Crippen molar-refractivity contribution in [1.29, 1.82) is 0 Å². The monoisotopic (exact) mass is 430 g/mol. The van der Waals surface area contributed by atoms with Gasteiger partial charge in [-0.3, -0.25) is 19.2 Å². The maximum Gasteiger partial charge on any atom is 0.303 e. The lowest BCUT2D eigenvalue weighted by atomic mass is 9.46. The van der Waals surface area contributed by atoms with Crippen LogP contribution in [0.2, 0.25) is 0 Å². The Morgan fingerprint density at radius 3 is 2.55 bits per heavy atom. The molecule has 0 spiro atoms. The molecule has 0 saturated heterocycles. The van der Waals surface area contributed by atoms with E-state index in [-0.39, 0.29) is 23.5 Å².